The van der Waals surface area contributed by atoms with Crippen LogP contribution in [0.1, 0.15) is 18.4 Å². The number of alkyl halides is 3. The first-order chi connectivity index (χ1) is 9.62. The van der Waals surface area contributed by atoms with E-state index in [0.717, 1.165) is 5.56 Å². The molecule has 116 valence electrons. The molecule has 0 saturated carbocycles. The number of benzene rings is 1. The van der Waals surface area contributed by atoms with E-state index in [1.54, 1.807) is 6.92 Å². The molecule has 0 N–H and O–H groups in total. The van der Waals surface area contributed by atoms with E-state index in [1.165, 1.54) is 24.3 Å². The van der Waals surface area contributed by atoms with Crippen molar-refractivity contribution in [2.24, 2.45) is 0 Å². The van der Waals surface area contributed by atoms with Crippen molar-refractivity contribution < 1.29 is 26.4 Å². The number of carbonyl (C=O) groups is 1. The van der Waals surface area contributed by atoms with Crippen LogP contribution in [0.2, 0.25) is 0 Å². The van der Waals surface area contributed by atoms with Crippen LogP contribution in [0.5, 0.6) is 0 Å². The quantitative estimate of drug-likeness (QED) is 0.840. The van der Waals surface area contributed by atoms with Crippen LogP contribution in [0.4, 0.5) is 13.2 Å². The predicted octanol–water partition coefficient (Wildman–Crippen LogP) is 2.28. The van der Waals surface area contributed by atoms with Crippen molar-refractivity contribution in [3.05, 3.63) is 29.8 Å². The maximum Gasteiger partial charge on any atom is 0.405 e. The van der Waals surface area contributed by atoms with E-state index in [2.05, 4.69) is 0 Å². The highest BCUT2D eigenvalue weighted by Gasteiger charge is 2.50. The zero-order valence-electron chi connectivity index (χ0n) is 11.2. The Balaban J connectivity index is 2.41. The minimum absolute atomic E-state index is 0.197. The lowest BCUT2D eigenvalue weighted by molar-refractivity contribution is -0.179. The first-order valence-corrected chi connectivity index (χ1v) is 7.73. The van der Waals surface area contributed by atoms with Crippen LogP contribution in [0.15, 0.2) is 29.2 Å². The van der Waals surface area contributed by atoms with Crippen molar-refractivity contribution in [1.29, 1.82) is 0 Å². The SMILES string of the molecule is Cc1ccc(S(=O)(=O)N2CCC(=O)CC2C(F)(F)F)cc1. The summed E-state index contributed by atoms with van der Waals surface area (Å²) in [6.07, 6.45) is -5.79. The average molecular weight is 321 g/mol. The second-order valence-corrected chi connectivity index (χ2v) is 6.87. The van der Waals surface area contributed by atoms with E-state index < -0.39 is 41.0 Å². The number of piperidine rings is 1. The number of hydrogen-bond donors (Lipinski definition) is 0. The molecule has 1 atom stereocenters. The lowest BCUT2D eigenvalue weighted by Gasteiger charge is -2.35. The highest BCUT2D eigenvalue weighted by molar-refractivity contribution is 7.89. The molecule has 21 heavy (non-hydrogen) atoms. The largest absolute Gasteiger partial charge is 0.405 e. The molecular weight excluding hydrogens is 307 g/mol. The van der Waals surface area contributed by atoms with Crippen LogP contribution in [0, 0.1) is 6.92 Å². The van der Waals surface area contributed by atoms with Gasteiger partial charge in [-0.1, -0.05) is 17.7 Å². The lowest BCUT2D eigenvalue weighted by Crippen LogP contribution is -2.53. The summed E-state index contributed by atoms with van der Waals surface area (Å²) in [6.45, 7) is 1.30. The molecule has 1 aliphatic heterocycles. The molecule has 0 amide bonds. The molecule has 1 aliphatic rings. The minimum atomic E-state index is -4.77. The number of rotatable bonds is 2. The molecule has 1 aromatic carbocycles. The van der Waals surface area contributed by atoms with Crippen LogP contribution in [0.25, 0.3) is 0 Å². The molecule has 8 heteroatoms. The summed E-state index contributed by atoms with van der Waals surface area (Å²) in [6, 6.07) is 3.29. The number of hydrogen-bond acceptors (Lipinski definition) is 3. The van der Waals surface area contributed by atoms with Crippen LogP contribution in [-0.2, 0) is 14.8 Å². The summed E-state index contributed by atoms with van der Waals surface area (Å²) in [7, 11) is -4.27. The molecule has 0 bridgehead atoms. The van der Waals surface area contributed by atoms with E-state index >= 15 is 0 Å². The summed E-state index contributed by atoms with van der Waals surface area (Å²) >= 11 is 0. The molecule has 1 aromatic rings. The fourth-order valence-corrected chi connectivity index (χ4v) is 3.83. The topological polar surface area (TPSA) is 54.5 Å². The van der Waals surface area contributed by atoms with Gasteiger partial charge in [0.15, 0.2) is 0 Å². The third-order valence-corrected chi connectivity index (χ3v) is 5.31. The van der Waals surface area contributed by atoms with Gasteiger partial charge in [0.1, 0.15) is 11.8 Å². The predicted molar refractivity (Wildman–Crippen MR) is 69.2 cm³/mol. The molecule has 0 spiro atoms. The van der Waals surface area contributed by atoms with E-state index in [-0.39, 0.29) is 11.3 Å². The van der Waals surface area contributed by atoms with Gasteiger partial charge in [-0.25, -0.2) is 8.42 Å². The first kappa shape index (κ1) is 16.0. The average Bonchev–Trinajstić information content (AvgIpc) is 2.38. The van der Waals surface area contributed by atoms with Crippen molar-refractivity contribution >= 4 is 15.8 Å². The number of carbonyl (C=O) groups excluding carboxylic acids is 1. The molecule has 1 saturated heterocycles. The Hall–Kier alpha value is -1.41. The standard InChI is InChI=1S/C13H14F3NO3S/c1-9-2-4-11(5-3-9)21(19,20)17-7-6-10(18)8-12(17)13(14,15)16/h2-5,12H,6-8H2,1H3. The van der Waals surface area contributed by atoms with Crippen molar-refractivity contribution in [1.82, 2.24) is 4.31 Å². The van der Waals surface area contributed by atoms with Gasteiger partial charge in [-0.05, 0) is 19.1 Å². The highest BCUT2D eigenvalue weighted by atomic mass is 32.2. The maximum atomic E-state index is 13.0. The van der Waals surface area contributed by atoms with Crippen molar-refractivity contribution in [2.45, 2.75) is 36.9 Å². The number of sulfonamides is 1. The van der Waals surface area contributed by atoms with Gasteiger partial charge in [0.05, 0.1) is 4.90 Å². The number of nitrogens with zero attached hydrogens (tertiary/aromatic N) is 1. The highest BCUT2D eigenvalue weighted by Crippen LogP contribution is 2.34. The van der Waals surface area contributed by atoms with Crippen molar-refractivity contribution in [3.63, 3.8) is 0 Å². The fraction of sp³-hybridized carbons (Fsp3) is 0.462. The summed E-state index contributed by atoms with van der Waals surface area (Å²) in [5, 5.41) is 0. The van der Waals surface area contributed by atoms with E-state index in [1.807, 2.05) is 0 Å². The number of Topliss-reactive ketones (excluding diaryl/α,β-unsaturated/α-hetero) is 1. The van der Waals surface area contributed by atoms with Gasteiger partial charge in [0.25, 0.3) is 0 Å². The van der Waals surface area contributed by atoms with Gasteiger partial charge < -0.3 is 0 Å². The monoisotopic (exact) mass is 321 g/mol. The third-order valence-electron chi connectivity index (χ3n) is 3.39. The lowest BCUT2D eigenvalue weighted by atomic mass is 10.0. The number of aryl methyl sites for hydroxylation is 1. The Morgan fingerprint density at radius 2 is 1.76 bits per heavy atom. The van der Waals surface area contributed by atoms with Crippen LogP contribution in [0.3, 0.4) is 0 Å². The smallest absolute Gasteiger partial charge is 0.300 e. The molecule has 4 nitrogen and oxygen atoms in total. The fourth-order valence-electron chi connectivity index (χ4n) is 2.22. The van der Waals surface area contributed by atoms with Crippen LogP contribution in [-0.4, -0.2) is 37.3 Å². The van der Waals surface area contributed by atoms with Gasteiger partial charge in [-0.2, -0.15) is 17.5 Å². The van der Waals surface area contributed by atoms with E-state index in [0.29, 0.717) is 4.31 Å². The minimum Gasteiger partial charge on any atom is -0.300 e. The second-order valence-electron chi connectivity index (χ2n) is 4.98. The van der Waals surface area contributed by atoms with Gasteiger partial charge in [-0.15, -0.1) is 0 Å². The second kappa shape index (κ2) is 5.42. The molecule has 0 aromatic heterocycles. The molecular formula is C13H14F3NO3S. The van der Waals surface area contributed by atoms with Gasteiger partial charge >= 0.3 is 6.18 Å². The summed E-state index contributed by atoms with van der Waals surface area (Å²) in [5.74, 6) is -0.576. The van der Waals surface area contributed by atoms with Crippen LogP contribution >= 0.6 is 0 Å². The third kappa shape index (κ3) is 3.26. The zero-order chi connectivity index (χ0) is 15.8. The molecule has 1 fully saturated rings. The summed E-state index contributed by atoms with van der Waals surface area (Å²) < 4.78 is 64.2. The Morgan fingerprint density at radius 1 is 1.19 bits per heavy atom. The van der Waals surface area contributed by atoms with Gasteiger partial charge in [-0.3, -0.25) is 4.79 Å². The van der Waals surface area contributed by atoms with Gasteiger partial charge in [0, 0.05) is 19.4 Å². The molecule has 1 heterocycles. The van der Waals surface area contributed by atoms with E-state index in [4.69, 9.17) is 0 Å². The molecule has 0 aliphatic carbocycles. The first-order valence-electron chi connectivity index (χ1n) is 6.29. The molecule has 2 rings (SSSR count). The van der Waals surface area contributed by atoms with Gasteiger partial charge in [0.2, 0.25) is 10.0 Å². The number of halogens is 3. The summed E-state index contributed by atoms with van der Waals surface area (Å²) in [4.78, 5) is 11.1. The number of ketones is 1. The Bertz CT molecular complexity index is 638. The molecule has 0 radical (unpaired) electrons. The van der Waals surface area contributed by atoms with Crippen LogP contribution < -0.4 is 0 Å². The zero-order valence-corrected chi connectivity index (χ0v) is 12.0. The summed E-state index contributed by atoms with van der Waals surface area (Å²) in [5.41, 5.74) is 0.801. The normalized spacial score (nSPS) is 21.5. The Kier molecular flexibility index (Phi) is 4.12. The Labute approximate surface area is 120 Å². The molecule has 1 unspecified atom stereocenters. The van der Waals surface area contributed by atoms with Crippen molar-refractivity contribution in [2.75, 3.05) is 6.54 Å². The maximum absolute atomic E-state index is 13.0. The van der Waals surface area contributed by atoms with Crippen molar-refractivity contribution in [3.8, 4) is 0 Å². The Morgan fingerprint density at radius 3 is 2.29 bits per heavy atom. The van der Waals surface area contributed by atoms with E-state index in [9.17, 15) is 26.4 Å².